The van der Waals surface area contributed by atoms with Gasteiger partial charge < -0.3 is 10.6 Å². The van der Waals surface area contributed by atoms with E-state index in [1.807, 2.05) is 20.8 Å². The lowest BCUT2D eigenvalue weighted by Crippen LogP contribution is -2.40. The van der Waals surface area contributed by atoms with Gasteiger partial charge in [0.1, 0.15) is 5.82 Å². The van der Waals surface area contributed by atoms with Crippen molar-refractivity contribution in [3.63, 3.8) is 0 Å². The number of hydrogen-bond acceptors (Lipinski definition) is 3. The number of carbonyl (C=O) groups excluding carboxylic acids is 1. The van der Waals surface area contributed by atoms with Gasteiger partial charge in [-0.2, -0.15) is 13.2 Å². The van der Waals surface area contributed by atoms with Gasteiger partial charge in [0.2, 0.25) is 0 Å². The summed E-state index contributed by atoms with van der Waals surface area (Å²) in [5.41, 5.74) is -0.845. The van der Waals surface area contributed by atoms with Crippen LogP contribution in [0.25, 0.3) is 0 Å². The first kappa shape index (κ1) is 19.1. The molecule has 0 aliphatic carbocycles. The number of halogens is 4. The van der Waals surface area contributed by atoms with Crippen molar-refractivity contribution in [3.05, 3.63) is 52.7 Å². The first-order chi connectivity index (χ1) is 11.5. The smallest absolute Gasteiger partial charge is 0.347 e. The fraction of sp³-hybridized carbons (Fsp3) is 0.294. The fourth-order valence-electron chi connectivity index (χ4n) is 2.02. The zero-order valence-electron chi connectivity index (χ0n) is 13.8. The number of pyridine rings is 1. The first-order valence-corrected chi connectivity index (χ1v) is 7.76. The Morgan fingerprint density at radius 1 is 1.12 bits per heavy atom. The van der Waals surface area contributed by atoms with Crippen molar-refractivity contribution in [3.8, 4) is 0 Å². The molecule has 4 nitrogen and oxygen atoms in total. The molecule has 0 radical (unpaired) electrons. The van der Waals surface area contributed by atoms with Gasteiger partial charge in [-0.15, -0.1) is 0 Å². The van der Waals surface area contributed by atoms with E-state index in [2.05, 4.69) is 15.6 Å². The van der Waals surface area contributed by atoms with Crippen LogP contribution in [0.5, 0.6) is 0 Å². The Labute approximate surface area is 148 Å². The minimum atomic E-state index is -4.56. The number of alkyl halides is 3. The molecular formula is C17H17ClF3N3O. The van der Waals surface area contributed by atoms with Gasteiger partial charge in [0.25, 0.3) is 5.91 Å². The molecule has 2 aromatic rings. The lowest BCUT2D eigenvalue weighted by Gasteiger charge is -2.20. The van der Waals surface area contributed by atoms with E-state index in [-0.39, 0.29) is 22.4 Å². The highest BCUT2D eigenvalue weighted by Gasteiger charge is 2.33. The molecule has 0 aliphatic heterocycles. The van der Waals surface area contributed by atoms with Crippen LogP contribution in [0.2, 0.25) is 5.02 Å². The highest BCUT2D eigenvalue weighted by Crippen LogP contribution is 2.36. The third-order valence-corrected chi connectivity index (χ3v) is 3.38. The number of anilines is 2. The first-order valence-electron chi connectivity index (χ1n) is 7.38. The van der Waals surface area contributed by atoms with Crippen LogP contribution in [0, 0.1) is 0 Å². The Bertz CT molecular complexity index is 785. The third-order valence-electron chi connectivity index (χ3n) is 3.05. The van der Waals surface area contributed by atoms with Crippen LogP contribution in [-0.2, 0) is 6.18 Å². The minimum absolute atomic E-state index is 0.164. The molecule has 0 saturated heterocycles. The maximum Gasteiger partial charge on any atom is 0.417 e. The predicted octanol–water partition coefficient (Wildman–Crippen LogP) is 5.03. The molecule has 0 bridgehead atoms. The summed E-state index contributed by atoms with van der Waals surface area (Å²) in [6.45, 7) is 5.53. The van der Waals surface area contributed by atoms with Crippen molar-refractivity contribution in [1.29, 1.82) is 0 Å². The van der Waals surface area contributed by atoms with Crippen molar-refractivity contribution in [1.82, 2.24) is 10.3 Å². The number of nitrogens with one attached hydrogen (secondary N) is 2. The Morgan fingerprint density at radius 3 is 2.40 bits per heavy atom. The average Bonchev–Trinajstić information content (AvgIpc) is 2.47. The second kappa shape index (κ2) is 6.92. The standard InChI is InChI=1S/C17H17ClF3N3O/c1-16(2,3)24-15(25)10-6-7-22-14(8-10)23-11-4-5-13(18)12(9-11)17(19,20)21/h4-9H,1-3H3,(H,22,23)(H,24,25). The van der Waals surface area contributed by atoms with E-state index in [0.717, 1.165) is 12.1 Å². The molecule has 0 aliphatic rings. The van der Waals surface area contributed by atoms with Gasteiger partial charge in [-0.3, -0.25) is 4.79 Å². The van der Waals surface area contributed by atoms with Crippen LogP contribution in [0.4, 0.5) is 24.7 Å². The van der Waals surface area contributed by atoms with Crippen molar-refractivity contribution >= 4 is 29.0 Å². The maximum absolute atomic E-state index is 12.9. The van der Waals surface area contributed by atoms with Crippen molar-refractivity contribution < 1.29 is 18.0 Å². The van der Waals surface area contributed by atoms with Gasteiger partial charge in [0, 0.05) is 23.0 Å². The summed E-state index contributed by atoms with van der Waals surface area (Å²) >= 11 is 5.60. The molecule has 0 saturated carbocycles. The number of hydrogen-bond donors (Lipinski definition) is 2. The van der Waals surface area contributed by atoms with Gasteiger partial charge in [0.05, 0.1) is 10.6 Å². The number of carbonyl (C=O) groups is 1. The number of nitrogens with zero attached hydrogens (tertiary/aromatic N) is 1. The molecule has 1 aromatic carbocycles. The summed E-state index contributed by atoms with van der Waals surface area (Å²) in [7, 11) is 0. The Kier molecular flexibility index (Phi) is 5.27. The maximum atomic E-state index is 12.9. The molecule has 1 aromatic heterocycles. The van der Waals surface area contributed by atoms with Gasteiger partial charge >= 0.3 is 6.18 Å². The minimum Gasteiger partial charge on any atom is -0.347 e. The molecule has 134 valence electrons. The molecule has 8 heteroatoms. The SMILES string of the molecule is CC(C)(C)NC(=O)c1ccnc(Nc2ccc(Cl)c(C(F)(F)F)c2)c1. The van der Waals surface area contributed by atoms with Crippen LogP contribution < -0.4 is 10.6 Å². The summed E-state index contributed by atoms with van der Waals surface area (Å²) in [4.78, 5) is 16.2. The second-order valence-electron chi connectivity index (χ2n) is 6.45. The van der Waals surface area contributed by atoms with E-state index in [1.54, 1.807) is 0 Å². The molecule has 0 spiro atoms. The van der Waals surface area contributed by atoms with Crippen LogP contribution >= 0.6 is 11.6 Å². The zero-order valence-corrected chi connectivity index (χ0v) is 14.6. The molecule has 2 N–H and O–H groups in total. The molecule has 25 heavy (non-hydrogen) atoms. The molecule has 0 fully saturated rings. The monoisotopic (exact) mass is 371 g/mol. The molecule has 1 heterocycles. The summed E-state index contributed by atoms with van der Waals surface area (Å²) in [5, 5.41) is 5.17. The van der Waals surface area contributed by atoms with E-state index < -0.39 is 17.3 Å². The molecule has 0 atom stereocenters. The predicted molar refractivity (Wildman–Crippen MR) is 91.2 cm³/mol. The summed E-state index contributed by atoms with van der Waals surface area (Å²) in [6.07, 6.45) is -3.16. The summed E-state index contributed by atoms with van der Waals surface area (Å²) < 4.78 is 38.7. The Hall–Kier alpha value is -2.28. The second-order valence-corrected chi connectivity index (χ2v) is 6.86. The quantitative estimate of drug-likeness (QED) is 0.796. The van der Waals surface area contributed by atoms with Crippen molar-refractivity contribution in [2.75, 3.05) is 5.32 Å². The number of aromatic nitrogens is 1. The number of benzene rings is 1. The van der Waals surface area contributed by atoms with E-state index in [0.29, 0.717) is 5.56 Å². The highest BCUT2D eigenvalue weighted by atomic mass is 35.5. The van der Waals surface area contributed by atoms with Crippen molar-refractivity contribution in [2.24, 2.45) is 0 Å². The van der Waals surface area contributed by atoms with E-state index in [9.17, 15) is 18.0 Å². The van der Waals surface area contributed by atoms with Crippen LogP contribution in [0.1, 0.15) is 36.7 Å². The van der Waals surface area contributed by atoms with Crippen molar-refractivity contribution in [2.45, 2.75) is 32.5 Å². The average molecular weight is 372 g/mol. The lowest BCUT2D eigenvalue weighted by atomic mass is 10.1. The molecule has 0 unspecified atom stereocenters. The largest absolute Gasteiger partial charge is 0.417 e. The van der Waals surface area contributed by atoms with E-state index in [4.69, 9.17) is 11.6 Å². The van der Waals surface area contributed by atoms with Crippen LogP contribution in [-0.4, -0.2) is 16.4 Å². The molecule has 1 amide bonds. The van der Waals surface area contributed by atoms with Gasteiger partial charge in [-0.1, -0.05) is 11.6 Å². The summed E-state index contributed by atoms with van der Waals surface area (Å²) in [6, 6.07) is 6.44. The molecule has 2 rings (SSSR count). The Morgan fingerprint density at radius 2 is 1.80 bits per heavy atom. The Balaban J connectivity index is 2.24. The van der Waals surface area contributed by atoms with Crippen LogP contribution in [0.15, 0.2) is 36.5 Å². The van der Waals surface area contributed by atoms with Gasteiger partial charge in [-0.05, 0) is 51.1 Å². The highest BCUT2D eigenvalue weighted by molar-refractivity contribution is 6.31. The van der Waals surface area contributed by atoms with Gasteiger partial charge in [0.15, 0.2) is 0 Å². The molecular weight excluding hydrogens is 355 g/mol. The summed E-state index contributed by atoms with van der Waals surface area (Å²) in [5.74, 6) is -0.0537. The van der Waals surface area contributed by atoms with Crippen LogP contribution in [0.3, 0.4) is 0 Å². The number of amides is 1. The van der Waals surface area contributed by atoms with E-state index >= 15 is 0 Å². The zero-order chi connectivity index (χ0) is 18.8. The van der Waals surface area contributed by atoms with Gasteiger partial charge in [-0.25, -0.2) is 4.98 Å². The fourth-order valence-corrected chi connectivity index (χ4v) is 2.25. The van der Waals surface area contributed by atoms with E-state index in [1.165, 1.54) is 24.4 Å². The number of rotatable bonds is 3. The third kappa shape index (κ3) is 5.35. The normalized spacial score (nSPS) is 12.0. The lowest BCUT2D eigenvalue weighted by molar-refractivity contribution is -0.137. The topological polar surface area (TPSA) is 54.0 Å².